The van der Waals surface area contributed by atoms with Crippen LogP contribution in [0.25, 0.3) is 0 Å². The van der Waals surface area contributed by atoms with Gasteiger partial charge >= 0.3 is 12.1 Å². The molecule has 2 aliphatic heterocycles. The number of unbranched alkanes of at least 4 members (excludes halogenated alkanes) is 9. The molecular weight excluding hydrogens is 713 g/mol. The molecule has 3 atom stereocenters. The number of fused-ring (bicyclic) bond motifs is 1. The Balaban J connectivity index is 1.18. The number of amides is 4. The molecule has 2 aliphatic rings. The van der Waals surface area contributed by atoms with Crippen molar-refractivity contribution in [2.24, 2.45) is 0 Å². The lowest BCUT2D eigenvalue weighted by Crippen LogP contribution is -2.36. The van der Waals surface area contributed by atoms with E-state index in [2.05, 4.69) is 33.9 Å². The van der Waals surface area contributed by atoms with Crippen molar-refractivity contribution in [3.05, 3.63) is 0 Å². The van der Waals surface area contributed by atoms with Crippen LogP contribution in [0.3, 0.4) is 0 Å². The van der Waals surface area contributed by atoms with Crippen LogP contribution in [0.4, 0.5) is 9.59 Å². The third-order valence-corrected chi connectivity index (χ3v) is 10.4. The molecule has 4 amide bonds. The summed E-state index contributed by atoms with van der Waals surface area (Å²) in [7, 11) is 0. The largest absolute Gasteiger partial charge is 0.447 e. The van der Waals surface area contributed by atoms with Gasteiger partial charge in [0.2, 0.25) is 5.91 Å². The Kier molecular flexibility index (Phi) is 30.5. The minimum absolute atomic E-state index is 0.0406. The second-order valence-corrected chi connectivity index (χ2v) is 14.6. The minimum Gasteiger partial charge on any atom is -0.447 e. The SMILES string of the molecule is O=C(CCCC[C@@H]1SC[C@@H]2NC(=O)N[C@H]21)NCCNC(=O)OCCOCCOCCOCCOCCOCCOCCCCCCCCCCCS. The number of hydrogen-bond acceptors (Lipinski definition) is 12. The van der Waals surface area contributed by atoms with Gasteiger partial charge < -0.3 is 54.4 Å². The molecule has 52 heavy (non-hydrogen) atoms. The molecule has 0 radical (unpaired) electrons. The van der Waals surface area contributed by atoms with E-state index in [1.165, 1.54) is 51.4 Å². The van der Waals surface area contributed by atoms with Gasteiger partial charge in [-0.05, 0) is 31.4 Å². The zero-order valence-electron chi connectivity index (χ0n) is 31.4. The third kappa shape index (κ3) is 26.3. The van der Waals surface area contributed by atoms with Crippen molar-refractivity contribution >= 4 is 42.4 Å². The van der Waals surface area contributed by atoms with Crippen molar-refractivity contribution in [3.63, 3.8) is 0 Å². The number of hydrogen-bond donors (Lipinski definition) is 5. The molecule has 2 heterocycles. The summed E-state index contributed by atoms with van der Waals surface area (Å²) in [6.07, 6.45) is 14.2. The van der Waals surface area contributed by atoms with Crippen molar-refractivity contribution in [2.45, 2.75) is 101 Å². The highest BCUT2D eigenvalue weighted by Gasteiger charge is 2.42. The Bertz CT molecular complexity index is 898. The molecule has 0 unspecified atom stereocenters. The second-order valence-electron chi connectivity index (χ2n) is 12.9. The molecule has 0 aromatic carbocycles. The highest BCUT2D eigenvalue weighted by molar-refractivity contribution is 8.00. The molecule has 2 fully saturated rings. The lowest BCUT2D eigenvalue weighted by molar-refractivity contribution is -0.121. The first kappa shape index (κ1) is 46.6. The third-order valence-electron chi connectivity index (χ3n) is 8.56. The molecule has 16 heteroatoms. The quantitative estimate of drug-likeness (QED) is 0.0351. The monoisotopic (exact) mass is 780 g/mol. The van der Waals surface area contributed by atoms with E-state index < -0.39 is 6.09 Å². The van der Waals surface area contributed by atoms with Gasteiger partial charge in [0, 0.05) is 37.1 Å². The van der Waals surface area contributed by atoms with Crippen molar-refractivity contribution in [2.75, 3.05) is 110 Å². The summed E-state index contributed by atoms with van der Waals surface area (Å²) in [6.45, 7) is 6.82. The summed E-state index contributed by atoms with van der Waals surface area (Å²) >= 11 is 6.13. The maximum absolute atomic E-state index is 12.0. The fraction of sp³-hybridized carbons (Fsp3) is 0.917. The van der Waals surface area contributed by atoms with Crippen molar-refractivity contribution in [1.82, 2.24) is 21.3 Å². The maximum Gasteiger partial charge on any atom is 0.407 e. The fourth-order valence-corrected chi connectivity index (χ4v) is 7.50. The standard InChI is InChI=1S/C36H68N4O10S2/c41-33(13-9-8-12-32-34-31(30-52-32)39-35(42)40-34)37-14-15-38-36(43)50-28-27-49-26-25-48-24-23-47-22-21-46-20-19-45-18-17-44-16-10-6-4-2-1-3-5-7-11-29-51/h31-32,34,51H,1-30H2,(H,37,41)(H,38,43)(H2,39,40,42)/t31-,32-,34+/m0/s1. The van der Waals surface area contributed by atoms with Crippen LogP contribution in [-0.4, -0.2) is 146 Å². The summed E-state index contributed by atoms with van der Waals surface area (Å²) in [5.41, 5.74) is 0. The Labute approximate surface area is 321 Å². The van der Waals surface area contributed by atoms with Crippen molar-refractivity contribution in [3.8, 4) is 0 Å². The van der Waals surface area contributed by atoms with E-state index in [1.807, 2.05) is 11.8 Å². The number of ether oxygens (including phenoxy) is 7. The van der Waals surface area contributed by atoms with Crippen LogP contribution in [0.5, 0.6) is 0 Å². The number of thioether (sulfide) groups is 1. The van der Waals surface area contributed by atoms with Crippen LogP contribution in [0.1, 0.15) is 83.5 Å². The lowest BCUT2D eigenvalue weighted by atomic mass is 10.0. The van der Waals surface area contributed by atoms with E-state index >= 15 is 0 Å². The summed E-state index contributed by atoms with van der Waals surface area (Å²) < 4.78 is 38.1. The molecule has 4 N–H and O–H groups in total. The van der Waals surface area contributed by atoms with E-state index in [4.69, 9.17) is 33.2 Å². The molecule has 2 rings (SSSR count). The smallest absolute Gasteiger partial charge is 0.407 e. The van der Waals surface area contributed by atoms with Gasteiger partial charge in [-0.25, -0.2) is 9.59 Å². The first-order valence-electron chi connectivity index (χ1n) is 19.5. The molecule has 0 saturated carbocycles. The zero-order valence-corrected chi connectivity index (χ0v) is 33.1. The predicted molar refractivity (Wildman–Crippen MR) is 207 cm³/mol. The number of thiol groups is 1. The highest BCUT2D eigenvalue weighted by atomic mass is 32.2. The molecule has 0 aromatic rings. The zero-order chi connectivity index (χ0) is 37.2. The first-order chi connectivity index (χ1) is 25.6. The number of alkyl carbamates (subject to hydrolysis) is 1. The van der Waals surface area contributed by atoms with Crippen LogP contribution in [-0.2, 0) is 38.0 Å². The normalized spacial score (nSPS) is 17.9. The Hall–Kier alpha value is -1.53. The van der Waals surface area contributed by atoms with Crippen LogP contribution in [0.15, 0.2) is 0 Å². The Morgan fingerprint density at radius 3 is 1.69 bits per heavy atom. The molecule has 0 aromatic heterocycles. The van der Waals surface area contributed by atoms with Crippen LogP contribution < -0.4 is 21.3 Å². The lowest BCUT2D eigenvalue weighted by Gasteiger charge is -2.16. The molecule has 0 spiro atoms. The van der Waals surface area contributed by atoms with E-state index in [9.17, 15) is 14.4 Å². The maximum atomic E-state index is 12.0. The summed E-state index contributed by atoms with van der Waals surface area (Å²) in [5.74, 6) is 1.91. The number of rotatable bonds is 37. The Morgan fingerprint density at radius 1 is 0.615 bits per heavy atom. The van der Waals surface area contributed by atoms with E-state index in [0.717, 1.165) is 43.8 Å². The van der Waals surface area contributed by atoms with Gasteiger partial charge in [0.15, 0.2) is 0 Å². The van der Waals surface area contributed by atoms with Gasteiger partial charge in [0.05, 0.1) is 84.8 Å². The van der Waals surface area contributed by atoms with Crippen LogP contribution in [0, 0.1) is 0 Å². The van der Waals surface area contributed by atoms with E-state index in [0.29, 0.717) is 84.3 Å². The average molecular weight is 781 g/mol. The molecule has 304 valence electrons. The average Bonchev–Trinajstić information content (AvgIpc) is 3.70. The molecule has 0 bridgehead atoms. The summed E-state index contributed by atoms with van der Waals surface area (Å²) in [4.78, 5) is 35.3. The predicted octanol–water partition coefficient (Wildman–Crippen LogP) is 4.09. The van der Waals surface area contributed by atoms with Crippen molar-refractivity contribution in [1.29, 1.82) is 0 Å². The number of carbonyl (C=O) groups excluding carboxylic acids is 3. The van der Waals surface area contributed by atoms with Crippen LogP contribution in [0.2, 0.25) is 0 Å². The number of urea groups is 1. The fourth-order valence-electron chi connectivity index (χ4n) is 5.73. The Morgan fingerprint density at radius 2 is 1.12 bits per heavy atom. The van der Waals surface area contributed by atoms with Gasteiger partial charge in [-0.1, -0.05) is 51.4 Å². The van der Waals surface area contributed by atoms with Gasteiger partial charge in [-0.3, -0.25) is 4.79 Å². The molecule has 14 nitrogen and oxygen atoms in total. The van der Waals surface area contributed by atoms with Crippen LogP contribution >= 0.6 is 24.4 Å². The van der Waals surface area contributed by atoms with E-state index in [-0.39, 0.29) is 43.8 Å². The van der Waals surface area contributed by atoms with Gasteiger partial charge in [-0.2, -0.15) is 24.4 Å². The molecular formula is C36H68N4O10S2. The summed E-state index contributed by atoms with van der Waals surface area (Å²) in [6, 6.07) is 0.342. The van der Waals surface area contributed by atoms with E-state index in [1.54, 1.807) is 0 Å². The number of carbonyl (C=O) groups is 3. The topological polar surface area (TPSA) is 164 Å². The van der Waals surface area contributed by atoms with Gasteiger partial charge in [-0.15, -0.1) is 0 Å². The highest BCUT2D eigenvalue weighted by Crippen LogP contribution is 2.33. The van der Waals surface area contributed by atoms with Crippen molar-refractivity contribution < 1.29 is 47.5 Å². The minimum atomic E-state index is -0.554. The second kappa shape index (κ2) is 34.0. The molecule has 0 aliphatic carbocycles. The summed E-state index contributed by atoms with van der Waals surface area (Å²) in [5, 5.41) is 11.7. The van der Waals surface area contributed by atoms with Gasteiger partial charge in [0.1, 0.15) is 6.61 Å². The first-order valence-corrected chi connectivity index (χ1v) is 21.2. The van der Waals surface area contributed by atoms with Gasteiger partial charge in [0.25, 0.3) is 0 Å². The molecule has 2 saturated heterocycles. The number of nitrogens with one attached hydrogen (secondary N) is 4.